The molecular weight excluding hydrogens is 606 g/mol. The molecule has 0 atom stereocenters. The Balaban J connectivity index is 3.08. The van der Waals surface area contributed by atoms with Crippen molar-refractivity contribution in [1.29, 1.82) is 0 Å². The predicted octanol–water partition coefficient (Wildman–Crippen LogP) is 2.49. The average Bonchev–Trinajstić information content (AvgIpc) is 3.05. The second kappa shape index (κ2) is 39.7. The van der Waals surface area contributed by atoms with Crippen LogP contribution in [-0.2, 0) is 57.0 Å². The van der Waals surface area contributed by atoms with Crippen LogP contribution in [-0.4, -0.2) is 156 Å². The lowest BCUT2D eigenvalue weighted by atomic mass is 10.2. The maximum Gasteiger partial charge on any atom is 0.303 e. The third kappa shape index (κ3) is 40.6. The smallest absolute Gasteiger partial charge is 0.303 e. The van der Waals surface area contributed by atoms with E-state index in [0.717, 1.165) is 13.0 Å². The summed E-state index contributed by atoms with van der Waals surface area (Å²) in [5.74, 6) is -1.24. The van der Waals surface area contributed by atoms with E-state index >= 15 is 0 Å². The Kier molecular flexibility index (Phi) is 38.5. The summed E-state index contributed by atoms with van der Waals surface area (Å²) in [6.07, 6.45) is 6.73. The number of rotatable bonds is 40. The van der Waals surface area contributed by atoms with Gasteiger partial charge in [0.1, 0.15) is 0 Å². The molecule has 0 fully saturated rings. The summed E-state index contributed by atoms with van der Waals surface area (Å²) in [6.45, 7) is 13.2. The number of carbonyl (C=O) groups is 2. The quantitative estimate of drug-likeness (QED) is 0.0918. The molecule has 0 aromatic carbocycles. The molecule has 0 heterocycles. The van der Waals surface area contributed by atoms with Gasteiger partial charge in [-0.1, -0.05) is 32.6 Å². The number of carboxylic acids is 1. The number of ether oxygens (including phenoxy) is 10. The van der Waals surface area contributed by atoms with Crippen LogP contribution in [0.1, 0.15) is 58.3 Å². The Labute approximate surface area is 276 Å². The average molecular weight is 670 g/mol. The maximum atomic E-state index is 11.4. The van der Waals surface area contributed by atoms with Crippen molar-refractivity contribution in [3.8, 4) is 0 Å². The van der Waals surface area contributed by atoms with Crippen LogP contribution in [0.15, 0.2) is 0 Å². The van der Waals surface area contributed by atoms with E-state index in [-0.39, 0.29) is 18.7 Å². The molecule has 0 saturated carbocycles. The molecule has 0 aliphatic carbocycles. The molecule has 1 amide bonds. The summed E-state index contributed by atoms with van der Waals surface area (Å²) in [7, 11) is 0. The van der Waals surface area contributed by atoms with E-state index in [0.29, 0.717) is 138 Å². The number of carboxylic acid groups (broad SMARTS) is 1. The first-order valence-corrected chi connectivity index (χ1v) is 16.9. The van der Waals surface area contributed by atoms with E-state index < -0.39 is 5.97 Å². The lowest BCUT2D eigenvalue weighted by molar-refractivity contribution is -0.138. The van der Waals surface area contributed by atoms with E-state index in [1.165, 1.54) is 25.7 Å². The molecule has 0 spiro atoms. The molecule has 0 bridgehead atoms. The van der Waals surface area contributed by atoms with E-state index in [9.17, 15) is 9.59 Å². The monoisotopic (exact) mass is 669 g/mol. The number of aliphatic carboxylic acids is 1. The van der Waals surface area contributed by atoms with Crippen molar-refractivity contribution < 1.29 is 62.1 Å². The summed E-state index contributed by atoms with van der Waals surface area (Å²) >= 11 is 0. The molecule has 14 nitrogen and oxygen atoms in total. The minimum absolute atomic E-state index is 0.00740. The highest BCUT2D eigenvalue weighted by Crippen LogP contribution is 2.02. The van der Waals surface area contributed by atoms with Gasteiger partial charge in [-0.25, -0.2) is 0 Å². The van der Waals surface area contributed by atoms with Crippen molar-refractivity contribution in [2.24, 2.45) is 0 Å². The van der Waals surface area contributed by atoms with Crippen LogP contribution in [0.25, 0.3) is 0 Å². The third-order valence-corrected chi connectivity index (χ3v) is 6.09. The van der Waals surface area contributed by atoms with Crippen molar-refractivity contribution in [2.45, 2.75) is 58.3 Å². The first kappa shape index (κ1) is 44.5. The zero-order chi connectivity index (χ0) is 33.4. The summed E-state index contributed by atoms with van der Waals surface area (Å²) in [5, 5.41) is 11.2. The fraction of sp³-hybridized carbons (Fsp3) is 0.938. The van der Waals surface area contributed by atoms with E-state index in [2.05, 4.69) is 12.2 Å². The van der Waals surface area contributed by atoms with Gasteiger partial charge in [0.2, 0.25) is 5.91 Å². The molecule has 0 aromatic rings. The van der Waals surface area contributed by atoms with Crippen LogP contribution in [0.3, 0.4) is 0 Å². The molecule has 0 saturated heterocycles. The number of unbranched alkanes of at least 4 members (excludes halogenated alkanes) is 4. The lowest BCUT2D eigenvalue weighted by Gasteiger charge is -2.09. The second-order valence-electron chi connectivity index (χ2n) is 10.1. The van der Waals surface area contributed by atoms with Gasteiger partial charge >= 0.3 is 5.97 Å². The zero-order valence-electron chi connectivity index (χ0n) is 28.4. The summed E-state index contributed by atoms with van der Waals surface area (Å²) in [4.78, 5) is 21.8. The topological polar surface area (TPSA) is 159 Å². The normalized spacial score (nSPS) is 11.3. The Bertz CT molecular complexity index is 631. The standard InChI is InChI=1S/C32H63NO13/c1-2-3-4-5-6-11-37-13-15-39-17-19-41-21-23-43-25-27-45-29-30-46-28-26-44-24-22-42-20-18-40-16-14-38-12-7-10-33-31(34)8-9-32(35)36/h2-30H2,1H3,(H,33,34)(H,35,36). The van der Waals surface area contributed by atoms with E-state index in [1.807, 2.05) is 0 Å². The summed E-state index contributed by atoms with van der Waals surface area (Å²) in [6, 6.07) is 0. The highest BCUT2D eigenvalue weighted by molar-refractivity contribution is 5.80. The van der Waals surface area contributed by atoms with Gasteiger partial charge in [-0.2, -0.15) is 0 Å². The Hall–Kier alpha value is -1.46. The van der Waals surface area contributed by atoms with Crippen LogP contribution in [0.2, 0.25) is 0 Å². The maximum absolute atomic E-state index is 11.4. The molecule has 2 N–H and O–H groups in total. The zero-order valence-corrected chi connectivity index (χ0v) is 28.4. The van der Waals surface area contributed by atoms with E-state index in [4.69, 9.17) is 52.5 Å². The molecule has 0 aromatic heterocycles. The highest BCUT2D eigenvalue weighted by Gasteiger charge is 2.04. The molecule has 0 unspecified atom stereocenters. The number of hydrogen-bond acceptors (Lipinski definition) is 12. The summed E-state index contributed by atoms with van der Waals surface area (Å²) < 4.78 is 54.7. The van der Waals surface area contributed by atoms with E-state index in [1.54, 1.807) is 0 Å². The molecule has 0 aliphatic heterocycles. The molecular formula is C32H63NO13. The van der Waals surface area contributed by atoms with Crippen molar-refractivity contribution >= 4 is 11.9 Å². The minimum Gasteiger partial charge on any atom is -0.481 e. The molecule has 0 rings (SSSR count). The number of amides is 1. The summed E-state index contributed by atoms with van der Waals surface area (Å²) in [5.41, 5.74) is 0. The van der Waals surface area contributed by atoms with Crippen LogP contribution >= 0.6 is 0 Å². The first-order chi connectivity index (χ1) is 22.7. The molecule has 274 valence electrons. The van der Waals surface area contributed by atoms with Gasteiger partial charge in [-0.3, -0.25) is 9.59 Å². The fourth-order valence-corrected chi connectivity index (χ4v) is 3.60. The number of hydrogen-bond donors (Lipinski definition) is 2. The van der Waals surface area contributed by atoms with Gasteiger partial charge in [-0.05, 0) is 12.8 Å². The third-order valence-electron chi connectivity index (χ3n) is 6.09. The fourth-order valence-electron chi connectivity index (χ4n) is 3.60. The molecule has 46 heavy (non-hydrogen) atoms. The van der Waals surface area contributed by atoms with Crippen molar-refractivity contribution in [2.75, 3.05) is 139 Å². The molecule has 0 aliphatic rings. The first-order valence-electron chi connectivity index (χ1n) is 16.9. The Morgan fingerprint density at radius 1 is 0.413 bits per heavy atom. The molecule has 14 heteroatoms. The number of carbonyl (C=O) groups excluding carboxylic acids is 1. The van der Waals surface area contributed by atoms with Crippen LogP contribution in [0, 0.1) is 0 Å². The Morgan fingerprint density at radius 2 is 0.717 bits per heavy atom. The van der Waals surface area contributed by atoms with Crippen molar-refractivity contribution in [1.82, 2.24) is 5.32 Å². The van der Waals surface area contributed by atoms with Gasteiger partial charge < -0.3 is 57.8 Å². The largest absolute Gasteiger partial charge is 0.481 e. The van der Waals surface area contributed by atoms with Crippen molar-refractivity contribution in [3.05, 3.63) is 0 Å². The Morgan fingerprint density at radius 3 is 1.04 bits per heavy atom. The van der Waals surface area contributed by atoms with Crippen molar-refractivity contribution in [3.63, 3.8) is 0 Å². The number of nitrogens with one attached hydrogen (secondary N) is 1. The lowest BCUT2D eigenvalue weighted by Crippen LogP contribution is -2.25. The van der Waals surface area contributed by atoms with Gasteiger partial charge in [0.05, 0.1) is 125 Å². The van der Waals surface area contributed by atoms with Gasteiger partial charge in [-0.15, -0.1) is 0 Å². The molecule has 0 radical (unpaired) electrons. The predicted molar refractivity (Wildman–Crippen MR) is 171 cm³/mol. The van der Waals surface area contributed by atoms with Crippen LogP contribution < -0.4 is 5.32 Å². The highest BCUT2D eigenvalue weighted by atomic mass is 16.6. The second-order valence-corrected chi connectivity index (χ2v) is 10.1. The van der Waals surface area contributed by atoms with Crippen LogP contribution in [0.5, 0.6) is 0 Å². The van der Waals surface area contributed by atoms with Gasteiger partial charge in [0, 0.05) is 26.2 Å². The SMILES string of the molecule is CCCCCCCOCCOCCOCCOCCOCCOCCOCCOCCOCCOCCCNC(=O)CCC(=O)O. The van der Waals surface area contributed by atoms with Gasteiger partial charge in [0.15, 0.2) is 0 Å². The van der Waals surface area contributed by atoms with Gasteiger partial charge in [0.25, 0.3) is 0 Å². The minimum atomic E-state index is -0.980. The van der Waals surface area contributed by atoms with Crippen LogP contribution in [0.4, 0.5) is 0 Å².